The molecule has 0 saturated heterocycles. The Balaban J connectivity index is 2.40. The van der Waals surface area contributed by atoms with Crippen molar-refractivity contribution in [2.45, 2.75) is 26.9 Å². The van der Waals surface area contributed by atoms with E-state index in [4.69, 9.17) is 4.74 Å². The summed E-state index contributed by atoms with van der Waals surface area (Å²) in [5.74, 6) is 1.10. The van der Waals surface area contributed by atoms with Gasteiger partial charge in [-0.3, -0.25) is 4.79 Å². The van der Waals surface area contributed by atoms with Crippen LogP contribution in [0.2, 0.25) is 0 Å². The van der Waals surface area contributed by atoms with Gasteiger partial charge in [-0.05, 0) is 25.0 Å². The third kappa shape index (κ3) is 4.34. The molecule has 0 unspecified atom stereocenters. The maximum Gasteiger partial charge on any atom is 0.260 e. The number of ether oxygens (including phenoxy) is 1. The normalized spacial score (nSPS) is 12.2. The van der Waals surface area contributed by atoms with Crippen LogP contribution in [-0.4, -0.2) is 18.6 Å². The number of benzene rings is 1. The second kappa shape index (κ2) is 6.16. The Bertz CT molecular complexity index is 322. The number of rotatable bonds is 5. The second-order valence-electron chi connectivity index (χ2n) is 4.21. The molecule has 0 aromatic heterocycles. The second-order valence-corrected chi connectivity index (χ2v) is 4.21. The molecular formula is C13H19NO2. The van der Waals surface area contributed by atoms with Crippen molar-refractivity contribution in [2.75, 3.05) is 6.54 Å². The van der Waals surface area contributed by atoms with Crippen molar-refractivity contribution in [1.29, 1.82) is 0 Å². The van der Waals surface area contributed by atoms with Gasteiger partial charge < -0.3 is 10.1 Å². The predicted octanol–water partition coefficient (Wildman–Crippen LogP) is 2.23. The van der Waals surface area contributed by atoms with Crippen molar-refractivity contribution in [3.05, 3.63) is 30.3 Å². The van der Waals surface area contributed by atoms with Crippen molar-refractivity contribution in [3.8, 4) is 5.75 Å². The summed E-state index contributed by atoms with van der Waals surface area (Å²) in [5.41, 5.74) is 0. The molecule has 1 rings (SSSR count). The van der Waals surface area contributed by atoms with Gasteiger partial charge in [-0.25, -0.2) is 0 Å². The van der Waals surface area contributed by atoms with E-state index < -0.39 is 6.10 Å². The number of hydrogen-bond acceptors (Lipinski definition) is 2. The van der Waals surface area contributed by atoms with Gasteiger partial charge in [0.05, 0.1) is 0 Å². The van der Waals surface area contributed by atoms with Gasteiger partial charge in [0.25, 0.3) is 5.91 Å². The SMILES string of the molecule is CC(C)CNC(=O)[C@H](C)Oc1ccccc1. The van der Waals surface area contributed by atoms with Crippen LogP contribution in [0.5, 0.6) is 5.75 Å². The first-order valence-corrected chi connectivity index (χ1v) is 5.59. The molecular weight excluding hydrogens is 202 g/mol. The molecule has 1 atom stereocenters. The first kappa shape index (κ1) is 12.6. The van der Waals surface area contributed by atoms with Gasteiger partial charge in [-0.1, -0.05) is 32.0 Å². The van der Waals surface area contributed by atoms with E-state index in [1.807, 2.05) is 30.3 Å². The van der Waals surface area contributed by atoms with E-state index in [0.29, 0.717) is 12.5 Å². The molecule has 0 aliphatic carbocycles. The Morgan fingerprint density at radius 1 is 1.25 bits per heavy atom. The number of para-hydroxylation sites is 1. The quantitative estimate of drug-likeness (QED) is 0.828. The number of carbonyl (C=O) groups is 1. The predicted molar refractivity (Wildman–Crippen MR) is 64.4 cm³/mol. The van der Waals surface area contributed by atoms with Gasteiger partial charge >= 0.3 is 0 Å². The fraction of sp³-hybridized carbons (Fsp3) is 0.462. The highest BCUT2D eigenvalue weighted by molar-refractivity contribution is 5.80. The van der Waals surface area contributed by atoms with Crippen LogP contribution in [0.15, 0.2) is 30.3 Å². The first-order valence-electron chi connectivity index (χ1n) is 5.59. The lowest BCUT2D eigenvalue weighted by Crippen LogP contribution is -2.38. The van der Waals surface area contributed by atoms with E-state index in [0.717, 1.165) is 5.75 Å². The molecule has 0 aliphatic heterocycles. The number of hydrogen-bond donors (Lipinski definition) is 1. The Labute approximate surface area is 96.8 Å². The lowest BCUT2D eigenvalue weighted by Gasteiger charge is -2.15. The molecule has 0 heterocycles. The lowest BCUT2D eigenvalue weighted by molar-refractivity contribution is -0.127. The van der Waals surface area contributed by atoms with Crippen LogP contribution in [0.3, 0.4) is 0 Å². The van der Waals surface area contributed by atoms with Crippen molar-refractivity contribution >= 4 is 5.91 Å². The summed E-state index contributed by atoms with van der Waals surface area (Å²) < 4.78 is 5.50. The molecule has 0 fully saturated rings. The van der Waals surface area contributed by atoms with Gasteiger partial charge in [0.1, 0.15) is 5.75 Å². The summed E-state index contributed by atoms with van der Waals surface area (Å²) >= 11 is 0. The van der Waals surface area contributed by atoms with Crippen LogP contribution in [-0.2, 0) is 4.79 Å². The summed E-state index contributed by atoms with van der Waals surface area (Å²) in [5, 5.41) is 2.84. The molecule has 16 heavy (non-hydrogen) atoms. The summed E-state index contributed by atoms with van der Waals surface area (Å²) in [6, 6.07) is 9.36. The number of nitrogens with one attached hydrogen (secondary N) is 1. The largest absolute Gasteiger partial charge is 0.481 e. The summed E-state index contributed by atoms with van der Waals surface area (Å²) in [6.07, 6.45) is -0.457. The molecule has 1 aromatic carbocycles. The Hall–Kier alpha value is -1.51. The Morgan fingerprint density at radius 2 is 1.88 bits per heavy atom. The molecule has 0 bridgehead atoms. The maximum absolute atomic E-state index is 11.6. The minimum absolute atomic E-state index is 0.0717. The van der Waals surface area contributed by atoms with Crippen molar-refractivity contribution < 1.29 is 9.53 Å². The van der Waals surface area contributed by atoms with Gasteiger partial charge in [0, 0.05) is 6.54 Å². The molecule has 3 nitrogen and oxygen atoms in total. The Kier molecular flexibility index (Phi) is 4.83. The highest BCUT2D eigenvalue weighted by atomic mass is 16.5. The summed E-state index contributed by atoms with van der Waals surface area (Å²) in [4.78, 5) is 11.6. The van der Waals surface area contributed by atoms with E-state index >= 15 is 0 Å². The van der Waals surface area contributed by atoms with Gasteiger partial charge in [-0.15, -0.1) is 0 Å². The van der Waals surface area contributed by atoms with Gasteiger partial charge in [-0.2, -0.15) is 0 Å². The van der Waals surface area contributed by atoms with E-state index in [2.05, 4.69) is 19.2 Å². The zero-order valence-corrected chi connectivity index (χ0v) is 10.1. The third-order valence-corrected chi connectivity index (χ3v) is 2.11. The van der Waals surface area contributed by atoms with Crippen LogP contribution in [0, 0.1) is 5.92 Å². The van der Waals surface area contributed by atoms with Crippen LogP contribution in [0.25, 0.3) is 0 Å². The zero-order chi connectivity index (χ0) is 12.0. The summed E-state index contributed by atoms with van der Waals surface area (Å²) in [7, 11) is 0. The molecule has 0 saturated carbocycles. The smallest absolute Gasteiger partial charge is 0.260 e. The molecule has 1 amide bonds. The topological polar surface area (TPSA) is 38.3 Å². The molecule has 88 valence electrons. The highest BCUT2D eigenvalue weighted by Crippen LogP contribution is 2.10. The van der Waals surface area contributed by atoms with Crippen LogP contribution in [0.1, 0.15) is 20.8 Å². The van der Waals surface area contributed by atoms with E-state index in [9.17, 15) is 4.79 Å². The number of carbonyl (C=O) groups excluding carboxylic acids is 1. The van der Waals surface area contributed by atoms with Gasteiger partial charge in [0.2, 0.25) is 0 Å². The Morgan fingerprint density at radius 3 is 2.44 bits per heavy atom. The zero-order valence-electron chi connectivity index (χ0n) is 10.1. The highest BCUT2D eigenvalue weighted by Gasteiger charge is 2.13. The van der Waals surface area contributed by atoms with Crippen molar-refractivity contribution in [3.63, 3.8) is 0 Å². The monoisotopic (exact) mass is 221 g/mol. The average molecular weight is 221 g/mol. The van der Waals surface area contributed by atoms with Crippen molar-refractivity contribution in [1.82, 2.24) is 5.32 Å². The van der Waals surface area contributed by atoms with E-state index in [-0.39, 0.29) is 5.91 Å². The van der Waals surface area contributed by atoms with Crippen LogP contribution < -0.4 is 10.1 Å². The third-order valence-electron chi connectivity index (χ3n) is 2.11. The fourth-order valence-electron chi connectivity index (χ4n) is 1.21. The molecule has 0 radical (unpaired) electrons. The molecule has 0 aliphatic rings. The fourth-order valence-corrected chi connectivity index (χ4v) is 1.21. The van der Waals surface area contributed by atoms with Gasteiger partial charge in [0.15, 0.2) is 6.10 Å². The van der Waals surface area contributed by atoms with Crippen LogP contribution >= 0.6 is 0 Å². The van der Waals surface area contributed by atoms with E-state index in [1.165, 1.54) is 0 Å². The summed E-state index contributed by atoms with van der Waals surface area (Å²) in [6.45, 7) is 6.55. The number of amides is 1. The standard InChI is InChI=1S/C13H19NO2/c1-10(2)9-14-13(15)11(3)16-12-7-5-4-6-8-12/h4-8,10-11H,9H2,1-3H3,(H,14,15)/t11-/m0/s1. The first-order chi connectivity index (χ1) is 7.59. The van der Waals surface area contributed by atoms with Crippen LogP contribution in [0.4, 0.5) is 0 Å². The molecule has 1 N–H and O–H groups in total. The van der Waals surface area contributed by atoms with Crippen molar-refractivity contribution in [2.24, 2.45) is 5.92 Å². The molecule has 1 aromatic rings. The minimum Gasteiger partial charge on any atom is -0.481 e. The minimum atomic E-state index is -0.457. The average Bonchev–Trinajstić information content (AvgIpc) is 2.27. The van der Waals surface area contributed by atoms with E-state index in [1.54, 1.807) is 6.92 Å². The molecule has 0 spiro atoms. The lowest BCUT2D eigenvalue weighted by atomic mass is 10.2. The maximum atomic E-state index is 11.6. The molecule has 3 heteroatoms.